The number of nitrogens with zero attached hydrogens (tertiary/aromatic N) is 1. The molecule has 17 heteroatoms. The van der Waals surface area contributed by atoms with Crippen molar-refractivity contribution in [2.24, 2.45) is 0 Å². The lowest BCUT2D eigenvalue weighted by Crippen LogP contribution is -2.45. The maximum Gasteiger partial charge on any atom is 0.490 e. The average molecular weight is 761 g/mol. The molecule has 0 aliphatic heterocycles. The maximum absolute atomic E-state index is 13.4. The van der Waals surface area contributed by atoms with Gasteiger partial charge in [0.05, 0.1) is 5.52 Å². The number of carboxylic acid groups (broad SMARTS) is 2. The van der Waals surface area contributed by atoms with E-state index in [4.69, 9.17) is 19.8 Å². The van der Waals surface area contributed by atoms with Gasteiger partial charge in [-0.15, -0.1) is 0 Å². The van der Waals surface area contributed by atoms with Gasteiger partial charge < -0.3 is 35.8 Å². The van der Waals surface area contributed by atoms with Crippen molar-refractivity contribution in [1.29, 1.82) is 0 Å². The van der Waals surface area contributed by atoms with E-state index in [9.17, 15) is 41.0 Å². The van der Waals surface area contributed by atoms with Crippen molar-refractivity contribution in [3.05, 3.63) is 76.1 Å². The second-order valence-electron chi connectivity index (χ2n) is 12.5. The summed E-state index contributed by atoms with van der Waals surface area (Å²) in [5.74, 6) is -4.77. The van der Waals surface area contributed by atoms with E-state index in [1.807, 2.05) is 12.1 Å². The van der Waals surface area contributed by atoms with Crippen LogP contribution in [0.5, 0.6) is 5.75 Å². The molecule has 53 heavy (non-hydrogen) atoms. The van der Waals surface area contributed by atoms with Crippen LogP contribution in [0.3, 0.4) is 0 Å². The first kappa shape index (κ1) is 44.5. The Labute approximate surface area is 302 Å². The number of benzene rings is 2. The number of aromatic amines is 1. The molecule has 1 amide bonds. The number of aromatic nitrogens is 1. The Balaban J connectivity index is 0.000000587. The van der Waals surface area contributed by atoms with Crippen LogP contribution in [0.15, 0.2) is 59.4 Å². The average Bonchev–Trinajstić information content (AvgIpc) is 3.39. The summed E-state index contributed by atoms with van der Waals surface area (Å²) in [4.78, 5) is 47.7. The number of carboxylic acids is 2. The quantitative estimate of drug-likeness (QED) is 0.0698. The van der Waals surface area contributed by atoms with Gasteiger partial charge in [0.1, 0.15) is 5.75 Å². The number of phenols is 1. The summed E-state index contributed by atoms with van der Waals surface area (Å²) in [5, 5.41) is 32.2. The lowest BCUT2D eigenvalue weighted by atomic mass is 10.0. The normalized spacial score (nSPS) is 14.2. The van der Waals surface area contributed by atoms with Gasteiger partial charge in [-0.05, 0) is 55.0 Å². The van der Waals surface area contributed by atoms with Crippen molar-refractivity contribution in [1.82, 2.24) is 20.5 Å². The van der Waals surface area contributed by atoms with E-state index in [1.165, 1.54) is 37.3 Å². The van der Waals surface area contributed by atoms with Crippen LogP contribution in [-0.2, 0) is 20.8 Å². The number of pyridine rings is 1. The number of nitrogens with one attached hydrogen (secondary N) is 3. The Morgan fingerprint density at radius 3 is 1.98 bits per heavy atom. The molecular formula is C36H46F6N4O7. The van der Waals surface area contributed by atoms with Gasteiger partial charge in [-0.1, -0.05) is 69.0 Å². The first-order valence-electron chi connectivity index (χ1n) is 17.1. The van der Waals surface area contributed by atoms with E-state index in [2.05, 4.69) is 51.7 Å². The molecule has 6 N–H and O–H groups in total. The van der Waals surface area contributed by atoms with E-state index >= 15 is 0 Å². The minimum atomic E-state index is -5.08. The Morgan fingerprint density at radius 2 is 1.42 bits per heavy atom. The molecule has 3 aromatic rings. The minimum Gasteiger partial charge on any atom is -0.506 e. The molecule has 11 nitrogen and oxygen atoms in total. The summed E-state index contributed by atoms with van der Waals surface area (Å²) >= 11 is 0. The summed E-state index contributed by atoms with van der Waals surface area (Å²) in [5.41, 5.74) is 2.64. The Bertz CT molecular complexity index is 1620. The van der Waals surface area contributed by atoms with Crippen LogP contribution in [-0.4, -0.2) is 94.2 Å². The van der Waals surface area contributed by atoms with Crippen LogP contribution in [0, 0.1) is 0 Å². The predicted octanol–water partition coefficient (Wildman–Crippen LogP) is 5.97. The van der Waals surface area contributed by atoms with Gasteiger partial charge in [0.25, 0.3) is 0 Å². The molecule has 1 aromatic heterocycles. The van der Waals surface area contributed by atoms with E-state index in [0.29, 0.717) is 37.0 Å². The molecule has 0 radical (unpaired) electrons. The molecule has 1 aliphatic carbocycles. The smallest absolute Gasteiger partial charge is 0.490 e. The van der Waals surface area contributed by atoms with Gasteiger partial charge in [-0.3, -0.25) is 9.59 Å². The van der Waals surface area contributed by atoms with Crippen LogP contribution >= 0.6 is 0 Å². The Kier molecular flexibility index (Phi) is 18.3. The number of carbonyl (C=O) groups excluding carboxylic acids is 1. The van der Waals surface area contributed by atoms with Crippen LogP contribution in [0.4, 0.5) is 26.3 Å². The van der Waals surface area contributed by atoms with Gasteiger partial charge >= 0.3 is 24.3 Å². The number of H-pyrrole nitrogens is 1. The second kappa shape index (κ2) is 21.8. The number of amides is 1. The third kappa shape index (κ3) is 16.3. The Hall–Kier alpha value is -4.64. The molecule has 1 saturated carbocycles. The van der Waals surface area contributed by atoms with Crippen molar-refractivity contribution < 1.29 is 56.0 Å². The van der Waals surface area contributed by atoms with Crippen LogP contribution < -0.4 is 16.2 Å². The highest BCUT2D eigenvalue weighted by molar-refractivity contribution is 5.87. The summed E-state index contributed by atoms with van der Waals surface area (Å²) < 4.78 is 63.5. The highest BCUT2D eigenvalue weighted by Crippen LogP contribution is 2.25. The predicted molar refractivity (Wildman–Crippen MR) is 186 cm³/mol. The highest BCUT2D eigenvalue weighted by atomic mass is 19.4. The number of aromatic hydroxyl groups is 1. The third-order valence-electron chi connectivity index (χ3n) is 8.47. The highest BCUT2D eigenvalue weighted by Gasteiger charge is 2.39. The van der Waals surface area contributed by atoms with Gasteiger partial charge in [0.2, 0.25) is 11.5 Å². The van der Waals surface area contributed by atoms with E-state index in [0.717, 1.165) is 49.8 Å². The SMILES string of the molecule is C[C@H](CNCCC(=O)N(CCNCCc1ccc(O)c2[nH]c(=O)ccc12)C1CCCCCC1)c1ccccc1.O=C(O)C(F)(F)F.O=C(O)C(F)(F)F. The van der Waals surface area contributed by atoms with Crippen LogP contribution in [0.25, 0.3) is 10.9 Å². The molecule has 4 rings (SSSR count). The van der Waals surface area contributed by atoms with Gasteiger partial charge in [0.15, 0.2) is 0 Å². The largest absolute Gasteiger partial charge is 0.506 e. The van der Waals surface area contributed by atoms with Gasteiger partial charge in [-0.25, -0.2) is 9.59 Å². The minimum absolute atomic E-state index is 0.0842. The molecule has 1 atom stereocenters. The van der Waals surface area contributed by atoms with Crippen molar-refractivity contribution in [3.63, 3.8) is 0 Å². The second-order valence-corrected chi connectivity index (χ2v) is 12.5. The van der Waals surface area contributed by atoms with Crippen molar-refractivity contribution >= 4 is 28.7 Å². The number of phenolic OH excluding ortho intramolecular Hbond substituents is 1. The zero-order valence-corrected chi connectivity index (χ0v) is 29.2. The number of hydrogen-bond acceptors (Lipinski definition) is 7. The number of fused-ring (bicyclic) bond motifs is 1. The summed E-state index contributed by atoms with van der Waals surface area (Å²) in [6.07, 6.45) is -1.75. The fraction of sp³-hybridized carbons (Fsp3) is 0.500. The lowest BCUT2D eigenvalue weighted by Gasteiger charge is -2.32. The zero-order valence-electron chi connectivity index (χ0n) is 29.2. The van der Waals surface area contributed by atoms with E-state index in [1.54, 1.807) is 12.1 Å². The molecule has 1 heterocycles. The molecule has 0 unspecified atom stereocenters. The summed E-state index contributed by atoms with van der Waals surface area (Å²) in [6.45, 7) is 5.99. The van der Waals surface area contributed by atoms with Gasteiger partial charge in [-0.2, -0.15) is 26.3 Å². The molecule has 0 saturated heterocycles. The van der Waals surface area contributed by atoms with E-state index in [-0.39, 0.29) is 17.2 Å². The van der Waals surface area contributed by atoms with Crippen molar-refractivity contribution in [2.75, 3.05) is 32.7 Å². The first-order valence-corrected chi connectivity index (χ1v) is 17.1. The summed E-state index contributed by atoms with van der Waals surface area (Å²) in [6, 6.07) is 17.6. The van der Waals surface area contributed by atoms with Crippen molar-refractivity contribution in [3.8, 4) is 5.75 Å². The fourth-order valence-electron chi connectivity index (χ4n) is 5.70. The molecular weight excluding hydrogens is 714 g/mol. The van der Waals surface area contributed by atoms with Crippen LogP contribution in [0.2, 0.25) is 0 Å². The molecule has 1 aliphatic rings. The molecule has 1 fully saturated rings. The van der Waals surface area contributed by atoms with Crippen molar-refractivity contribution in [2.45, 2.75) is 82.6 Å². The molecule has 0 bridgehead atoms. The number of hydrogen-bond donors (Lipinski definition) is 6. The first-order chi connectivity index (χ1) is 24.9. The van der Waals surface area contributed by atoms with Crippen LogP contribution in [0.1, 0.15) is 68.9 Å². The standard InChI is InChI=1S/C32H44N4O3.2C2HF3O2/c1-24(25-9-5-4-6-10-25)23-34-20-18-31(39)36(27-11-7-2-3-8-12-27)22-21-33-19-17-26-13-15-29(37)32-28(26)14-16-30(38)35-32;2*3-2(4,5)1(6)7/h4-6,9-10,13-16,24,27,33-34,37H,2-3,7-8,11-12,17-23H2,1H3,(H,35,38);2*(H,6,7)/t24-;;/m1../s1. The number of rotatable bonds is 13. The number of aliphatic carboxylic acids is 2. The number of halogens is 6. The zero-order chi connectivity index (χ0) is 39.6. The monoisotopic (exact) mass is 760 g/mol. The van der Waals surface area contributed by atoms with Gasteiger partial charge in [0, 0.05) is 50.1 Å². The lowest BCUT2D eigenvalue weighted by molar-refractivity contribution is -0.193. The summed E-state index contributed by atoms with van der Waals surface area (Å²) in [7, 11) is 0. The maximum atomic E-state index is 13.4. The molecule has 2 aromatic carbocycles. The molecule has 0 spiro atoms. The molecule has 294 valence electrons. The Morgan fingerprint density at radius 1 is 0.830 bits per heavy atom. The fourth-order valence-corrected chi connectivity index (χ4v) is 5.70. The topological polar surface area (TPSA) is 172 Å². The number of alkyl halides is 6. The van der Waals surface area contributed by atoms with E-state index < -0.39 is 24.3 Å². The number of carbonyl (C=O) groups is 3. The third-order valence-corrected chi connectivity index (χ3v) is 8.47.